The van der Waals surface area contributed by atoms with Crippen LogP contribution in [0.4, 0.5) is 0 Å². The maximum Gasteiger partial charge on any atom is 0.247 e. The molecule has 0 aliphatic carbocycles. The second-order valence-corrected chi connectivity index (χ2v) is 1.45. The third-order valence-corrected chi connectivity index (χ3v) is 0.681. The van der Waals surface area contributed by atoms with E-state index in [-0.39, 0.29) is 5.56 Å². The third kappa shape index (κ3) is 4.60. The van der Waals surface area contributed by atoms with Crippen molar-refractivity contribution in [2.45, 2.75) is 6.92 Å². The van der Waals surface area contributed by atoms with E-state index in [1.165, 1.54) is 13.0 Å². The van der Waals surface area contributed by atoms with E-state index in [1.807, 2.05) is 0 Å². The zero-order valence-electron chi connectivity index (χ0n) is 5.66. The van der Waals surface area contributed by atoms with Crippen molar-refractivity contribution in [2.75, 3.05) is 0 Å². The number of aromatic amines is 1. The predicted molar refractivity (Wildman–Crippen MR) is 38.3 cm³/mol. The van der Waals surface area contributed by atoms with E-state index < -0.39 is 0 Å². The molecule has 0 unspecified atom stereocenters. The Hall–Kier alpha value is -1.56. The molecule has 3 heteroatoms. The average molecular weight is 136 g/mol. The summed E-state index contributed by atoms with van der Waals surface area (Å²) in [6.45, 7) is 1.43. The van der Waals surface area contributed by atoms with E-state index in [0.29, 0.717) is 0 Å². The zero-order chi connectivity index (χ0) is 7.82. The van der Waals surface area contributed by atoms with Crippen LogP contribution in [0.5, 0.6) is 0 Å². The smallest absolute Gasteiger partial charge is 0.247 e. The summed E-state index contributed by atoms with van der Waals surface area (Å²) in [4.78, 5) is 12.7. The Labute approximate surface area is 58.9 Å². The van der Waals surface area contributed by atoms with Crippen molar-refractivity contribution in [3.8, 4) is 6.07 Å². The van der Waals surface area contributed by atoms with Crippen LogP contribution in [0.2, 0.25) is 0 Å². The molecule has 3 nitrogen and oxygen atoms in total. The van der Waals surface area contributed by atoms with Crippen molar-refractivity contribution >= 4 is 0 Å². The zero-order valence-corrected chi connectivity index (χ0v) is 5.66. The molecule has 1 N–H and O–H groups in total. The third-order valence-electron chi connectivity index (χ3n) is 0.681. The second-order valence-electron chi connectivity index (χ2n) is 1.45. The Kier molecular flexibility index (Phi) is 4.70. The molecule has 1 heterocycles. The fourth-order valence-electron chi connectivity index (χ4n) is 0.377. The second kappa shape index (κ2) is 5.57. The standard InChI is InChI=1S/C5H5NO.C2H3N/c7-5-3-1-2-4-6-5;1-2-3/h1-4H,(H,6,7);1H3. The lowest BCUT2D eigenvalue weighted by molar-refractivity contribution is 1.24. The van der Waals surface area contributed by atoms with Gasteiger partial charge in [0.25, 0.3) is 0 Å². The first-order chi connectivity index (χ1) is 4.81. The molecule has 0 atom stereocenters. The fraction of sp³-hybridized carbons (Fsp3) is 0.143. The first-order valence-electron chi connectivity index (χ1n) is 2.76. The lowest BCUT2D eigenvalue weighted by Crippen LogP contribution is -1.98. The monoisotopic (exact) mass is 136 g/mol. The highest BCUT2D eigenvalue weighted by atomic mass is 16.1. The van der Waals surface area contributed by atoms with Gasteiger partial charge in [0, 0.05) is 19.2 Å². The van der Waals surface area contributed by atoms with Crippen LogP contribution in [-0.2, 0) is 0 Å². The van der Waals surface area contributed by atoms with Gasteiger partial charge in [-0.15, -0.1) is 0 Å². The van der Waals surface area contributed by atoms with Crippen molar-refractivity contribution in [1.29, 1.82) is 5.26 Å². The summed E-state index contributed by atoms with van der Waals surface area (Å²) >= 11 is 0. The Morgan fingerprint density at radius 2 is 2.20 bits per heavy atom. The summed E-state index contributed by atoms with van der Waals surface area (Å²) < 4.78 is 0. The number of nitrogens with one attached hydrogen (secondary N) is 1. The molecule has 0 fully saturated rings. The highest BCUT2D eigenvalue weighted by molar-refractivity contribution is 4.89. The van der Waals surface area contributed by atoms with Gasteiger partial charge >= 0.3 is 0 Å². The maximum atomic E-state index is 10.2. The first kappa shape index (κ1) is 8.44. The van der Waals surface area contributed by atoms with Gasteiger partial charge in [0.1, 0.15) is 0 Å². The van der Waals surface area contributed by atoms with Crippen LogP contribution in [0.1, 0.15) is 6.92 Å². The van der Waals surface area contributed by atoms with E-state index in [1.54, 1.807) is 24.4 Å². The lowest BCUT2D eigenvalue weighted by Gasteiger charge is -1.73. The van der Waals surface area contributed by atoms with E-state index in [9.17, 15) is 4.79 Å². The summed E-state index contributed by atoms with van der Waals surface area (Å²) in [5.41, 5.74) is -0.0532. The average Bonchev–Trinajstić information content (AvgIpc) is 1.91. The highest BCUT2D eigenvalue weighted by Gasteiger charge is 1.69. The Bertz CT molecular complexity index is 241. The minimum absolute atomic E-state index is 0.0532. The summed E-state index contributed by atoms with van der Waals surface area (Å²) in [7, 11) is 0. The summed E-state index contributed by atoms with van der Waals surface area (Å²) in [5, 5.41) is 7.32. The van der Waals surface area contributed by atoms with Gasteiger partial charge in [-0.1, -0.05) is 6.07 Å². The molecule has 0 aliphatic heterocycles. The lowest BCUT2D eigenvalue weighted by atomic mass is 10.5. The van der Waals surface area contributed by atoms with Crippen LogP contribution in [0.3, 0.4) is 0 Å². The molecule has 10 heavy (non-hydrogen) atoms. The molecule has 0 saturated carbocycles. The van der Waals surface area contributed by atoms with Crippen molar-refractivity contribution in [3.05, 3.63) is 34.7 Å². The minimum atomic E-state index is -0.0532. The Morgan fingerprint density at radius 3 is 2.40 bits per heavy atom. The first-order valence-corrected chi connectivity index (χ1v) is 2.76. The molecule has 0 aliphatic rings. The van der Waals surface area contributed by atoms with Crippen LogP contribution < -0.4 is 5.56 Å². The summed E-state index contributed by atoms with van der Waals surface area (Å²) in [5.74, 6) is 0. The number of rotatable bonds is 0. The van der Waals surface area contributed by atoms with Crippen molar-refractivity contribution in [1.82, 2.24) is 4.98 Å². The minimum Gasteiger partial charge on any atom is -0.329 e. The van der Waals surface area contributed by atoms with Crippen LogP contribution >= 0.6 is 0 Å². The van der Waals surface area contributed by atoms with Gasteiger partial charge in [-0.25, -0.2) is 0 Å². The Balaban J connectivity index is 0.000000236. The van der Waals surface area contributed by atoms with Crippen LogP contribution in [0.15, 0.2) is 29.2 Å². The molecule has 52 valence electrons. The van der Waals surface area contributed by atoms with Gasteiger partial charge < -0.3 is 4.98 Å². The van der Waals surface area contributed by atoms with E-state index in [2.05, 4.69) is 4.98 Å². The molecular formula is C7H8N2O. The molecule has 0 amide bonds. The quantitative estimate of drug-likeness (QED) is 0.576. The number of aromatic nitrogens is 1. The molecule has 1 aromatic rings. The molecule has 0 spiro atoms. The molecule has 0 radical (unpaired) electrons. The van der Waals surface area contributed by atoms with Crippen LogP contribution in [0.25, 0.3) is 0 Å². The molecule has 0 aromatic carbocycles. The van der Waals surface area contributed by atoms with E-state index in [4.69, 9.17) is 5.26 Å². The molecule has 0 saturated heterocycles. The van der Waals surface area contributed by atoms with Gasteiger partial charge in [0.05, 0.1) is 6.07 Å². The van der Waals surface area contributed by atoms with Crippen molar-refractivity contribution < 1.29 is 0 Å². The van der Waals surface area contributed by atoms with Crippen molar-refractivity contribution in [2.24, 2.45) is 0 Å². The maximum absolute atomic E-state index is 10.2. The van der Waals surface area contributed by atoms with Crippen molar-refractivity contribution in [3.63, 3.8) is 0 Å². The van der Waals surface area contributed by atoms with Gasteiger partial charge in [-0.3, -0.25) is 4.79 Å². The largest absolute Gasteiger partial charge is 0.329 e. The number of nitrogens with zero attached hydrogens (tertiary/aromatic N) is 1. The number of nitriles is 1. The predicted octanol–water partition coefficient (Wildman–Crippen LogP) is 0.905. The normalized spacial score (nSPS) is 6.80. The highest BCUT2D eigenvalue weighted by Crippen LogP contribution is 1.67. The summed E-state index contributed by atoms with van der Waals surface area (Å²) in [6.07, 6.45) is 1.60. The fourth-order valence-corrected chi connectivity index (χ4v) is 0.377. The number of hydrogen-bond donors (Lipinski definition) is 1. The number of H-pyrrole nitrogens is 1. The van der Waals surface area contributed by atoms with E-state index >= 15 is 0 Å². The van der Waals surface area contributed by atoms with E-state index in [0.717, 1.165) is 0 Å². The van der Waals surface area contributed by atoms with Gasteiger partial charge in [-0.05, 0) is 6.07 Å². The Morgan fingerprint density at radius 1 is 1.60 bits per heavy atom. The SMILES string of the molecule is CC#N.O=c1cccc[nH]1. The van der Waals surface area contributed by atoms with Gasteiger partial charge in [-0.2, -0.15) is 5.26 Å². The molecule has 0 bridgehead atoms. The molecule has 1 aromatic heterocycles. The molecular weight excluding hydrogens is 128 g/mol. The van der Waals surface area contributed by atoms with Gasteiger partial charge in [0.15, 0.2) is 0 Å². The van der Waals surface area contributed by atoms with Crippen LogP contribution in [0, 0.1) is 11.3 Å². The van der Waals surface area contributed by atoms with Crippen LogP contribution in [-0.4, -0.2) is 4.98 Å². The number of hydrogen-bond acceptors (Lipinski definition) is 2. The molecule has 1 rings (SSSR count). The van der Waals surface area contributed by atoms with Gasteiger partial charge in [0.2, 0.25) is 5.56 Å². The number of pyridine rings is 1. The topological polar surface area (TPSA) is 56.6 Å². The summed E-state index contributed by atoms with van der Waals surface area (Å²) in [6, 6.07) is 6.68.